The Morgan fingerprint density at radius 1 is 0.592 bits per heavy atom. The SMILES string of the molecule is CCC(C)(C)C(=O)OC(C)(C)C(O)(C(F)(F)F)C(F)(F)F.CCC(C)(C)C(=O)OC(CC(C)C)CC(O)(C(F)(F)F)C(F)(F)F.CCC(C)(C)C(=O)OC1(C)COC(OC(=O)C(C)C)(C(F)(F)F)C1(F)F. The first kappa shape index (κ1) is 69.6. The first-order valence-electron chi connectivity index (χ1n) is 21.6. The van der Waals surface area contributed by atoms with Crippen LogP contribution >= 0.6 is 0 Å². The molecule has 2 N–H and O–H groups in total. The third-order valence-corrected chi connectivity index (χ3v) is 11.9. The van der Waals surface area contributed by atoms with Crippen molar-refractivity contribution in [1.29, 1.82) is 0 Å². The molecule has 422 valence electrons. The molecule has 1 fully saturated rings. The van der Waals surface area contributed by atoms with E-state index in [-0.39, 0.29) is 25.2 Å². The van der Waals surface area contributed by atoms with Crippen molar-refractivity contribution in [2.75, 3.05) is 6.61 Å². The average molecular weight is 1080 g/mol. The van der Waals surface area contributed by atoms with E-state index < -0.39 is 130 Å². The Morgan fingerprint density at radius 2 is 0.958 bits per heavy atom. The molecule has 1 heterocycles. The molecule has 0 aromatic carbocycles. The summed E-state index contributed by atoms with van der Waals surface area (Å²) in [6.07, 6.45) is -32.9. The van der Waals surface area contributed by atoms with Crippen molar-refractivity contribution in [2.45, 2.75) is 214 Å². The minimum atomic E-state index is -6.06. The monoisotopic (exact) mass is 1080 g/mol. The summed E-state index contributed by atoms with van der Waals surface area (Å²) >= 11 is 0. The maximum atomic E-state index is 14.9. The molecule has 0 spiro atoms. The summed E-state index contributed by atoms with van der Waals surface area (Å²) in [7, 11) is 0. The smallest absolute Gasteiger partial charge is 0.462 e. The van der Waals surface area contributed by atoms with Crippen LogP contribution in [0.1, 0.15) is 143 Å². The van der Waals surface area contributed by atoms with Crippen LogP contribution in [-0.2, 0) is 42.9 Å². The van der Waals surface area contributed by atoms with Crippen LogP contribution in [0, 0.1) is 28.1 Å². The minimum Gasteiger partial charge on any atom is -0.462 e. The van der Waals surface area contributed by atoms with Gasteiger partial charge in [0.05, 0.1) is 28.8 Å². The number of aliphatic hydroxyl groups is 2. The number of alkyl halides is 17. The van der Waals surface area contributed by atoms with Crippen molar-refractivity contribution >= 4 is 23.9 Å². The zero-order chi connectivity index (χ0) is 57.8. The highest BCUT2D eigenvalue weighted by atomic mass is 19.4. The molecule has 0 radical (unpaired) electrons. The Bertz CT molecular complexity index is 1770. The van der Waals surface area contributed by atoms with Crippen LogP contribution in [0.4, 0.5) is 74.6 Å². The maximum Gasteiger partial charge on any atom is 0.462 e. The van der Waals surface area contributed by atoms with E-state index >= 15 is 0 Å². The molecule has 1 aliphatic rings. The second-order valence-corrected chi connectivity index (χ2v) is 20.2. The number of halogens is 17. The van der Waals surface area contributed by atoms with Gasteiger partial charge >= 0.3 is 66.5 Å². The van der Waals surface area contributed by atoms with E-state index in [2.05, 4.69) is 14.2 Å². The van der Waals surface area contributed by atoms with Crippen molar-refractivity contribution in [2.24, 2.45) is 28.1 Å². The number of hydrogen-bond acceptors (Lipinski definition) is 11. The van der Waals surface area contributed by atoms with Crippen LogP contribution < -0.4 is 0 Å². The quantitative estimate of drug-likeness (QED) is 0.0862. The Balaban J connectivity index is 0. The lowest BCUT2D eigenvalue weighted by molar-refractivity contribution is -0.410. The van der Waals surface area contributed by atoms with Crippen LogP contribution in [0.25, 0.3) is 0 Å². The number of hydrogen-bond donors (Lipinski definition) is 2. The van der Waals surface area contributed by atoms with E-state index in [9.17, 15) is 104 Å². The molecule has 0 aromatic heterocycles. The van der Waals surface area contributed by atoms with Gasteiger partial charge in [0.1, 0.15) is 6.10 Å². The minimum absolute atomic E-state index is 0.137. The molecule has 0 aromatic rings. The summed E-state index contributed by atoms with van der Waals surface area (Å²) in [4.78, 5) is 47.5. The van der Waals surface area contributed by atoms with E-state index in [1.807, 2.05) is 0 Å². The molecule has 28 heteroatoms. The first-order chi connectivity index (χ1) is 30.9. The molecular formula is C43H65F17O11. The molecule has 0 aliphatic carbocycles. The molecule has 1 saturated heterocycles. The summed E-state index contributed by atoms with van der Waals surface area (Å²) in [5, 5.41) is 18.6. The summed E-state index contributed by atoms with van der Waals surface area (Å²) in [6, 6.07) is 0. The highest BCUT2D eigenvalue weighted by Gasteiger charge is 2.86. The molecular weight excluding hydrogens is 1020 g/mol. The van der Waals surface area contributed by atoms with Gasteiger partial charge in [-0.1, -0.05) is 48.5 Å². The van der Waals surface area contributed by atoms with Crippen LogP contribution in [-0.4, -0.2) is 112 Å². The van der Waals surface area contributed by atoms with Gasteiger partial charge in [-0.2, -0.15) is 74.6 Å². The number of carbonyl (C=O) groups is 4. The van der Waals surface area contributed by atoms with Gasteiger partial charge in [-0.15, -0.1) is 0 Å². The van der Waals surface area contributed by atoms with Gasteiger partial charge in [0.25, 0.3) is 11.2 Å². The molecule has 71 heavy (non-hydrogen) atoms. The Kier molecular flexibility index (Phi) is 22.2. The van der Waals surface area contributed by atoms with Crippen LogP contribution in [0.15, 0.2) is 0 Å². The van der Waals surface area contributed by atoms with Crippen LogP contribution in [0.2, 0.25) is 0 Å². The van der Waals surface area contributed by atoms with Gasteiger partial charge in [0.2, 0.25) is 5.60 Å². The highest BCUT2D eigenvalue weighted by Crippen LogP contribution is 2.57. The van der Waals surface area contributed by atoms with Gasteiger partial charge in [-0.05, 0) is 93.9 Å². The summed E-state index contributed by atoms with van der Waals surface area (Å²) in [5.41, 5.74) is -19.9. The standard InChI is InChI=1S/C16H23F5O5.C15H24F6O3.C12H18F6O3/c1-7-12(4,5)11(23)26-13(6)8-24-15(14(13,17)18,16(19,20)21)25-10(22)9(2)3;1-6-12(4,5)11(22)24-10(7-9(2)3)8-13(23,14(16,17)18)15(19,20)21;1-6-8(2,3)7(19)21-9(4,5)10(20,11(13,14)15)12(16,17)18/h9H,7-8H2,1-6H3;9-10,23H,6-8H2,1-5H3;20H,6H2,1-5H3. The molecule has 0 amide bonds. The van der Waals surface area contributed by atoms with Crippen LogP contribution in [0.5, 0.6) is 0 Å². The lowest BCUT2D eigenvalue weighted by Gasteiger charge is -2.44. The van der Waals surface area contributed by atoms with E-state index in [0.717, 1.165) is 0 Å². The predicted molar refractivity (Wildman–Crippen MR) is 216 cm³/mol. The first-order valence-corrected chi connectivity index (χ1v) is 21.6. The Hall–Kier alpha value is -3.43. The fourth-order valence-electron chi connectivity index (χ4n) is 5.33. The third kappa shape index (κ3) is 15.3. The van der Waals surface area contributed by atoms with E-state index in [1.54, 1.807) is 27.7 Å². The lowest BCUT2D eigenvalue weighted by Crippen LogP contribution is -2.70. The molecule has 11 nitrogen and oxygen atoms in total. The van der Waals surface area contributed by atoms with Gasteiger partial charge in [0, 0.05) is 6.42 Å². The van der Waals surface area contributed by atoms with Gasteiger partial charge in [-0.3, -0.25) is 19.2 Å². The predicted octanol–water partition coefficient (Wildman–Crippen LogP) is 12.1. The van der Waals surface area contributed by atoms with Crippen molar-refractivity contribution < 1.29 is 128 Å². The van der Waals surface area contributed by atoms with Crippen molar-refractivity contribution in [3.8, 4) is 0 Å². The molecule has 3 atom stereocenters. The number of rotatable bonds is 16. The molecule has 3 unspecified atom stereocenters. The van der Waals surface area contributed by atoms with Gasteiger partial charge < -0.3 is 33.9 Å². The van der Waals surface area contributed by atoms with Gasteiger partial charge in [-0.25, -0.2) is 0 Å². The normalized spacial score (nSPS) is 20.3. The molecule has 1 rings (SSSR count). The topological polar surface area (TPSA) is 155 Å². The van der Waals surface area contributed by atoms with Crippen molar-refractivity contribution in [3.05, 3.63) is 0 Å². The summed E-state index contributed by atoms with van der Waals surface area (Å²) in [6.45, 7) is 18.7. The maximum absolute atomic E-state index is 14.9. The van der Waals surface area contributed by atoms with E-state index in [1.165, 1.54) is 62.3 Å². The van der Waals surface area contributed by atoms with Gasteiger partial charge in [0.15, 0.2) is 5.60 Å². The fraction of sp³-hybridized carbons (Fsp3) is 0.907. The number of ether oxygens (including phenoxy) is 5. The van der Waals surface area contributed by atoms with Crippen molar-refractivity contribution in [3.63, 3.8) is 0 Å². The third-order valence-electron chi connectivity index (χ3n) is 11.9. The zero-order valence-corrected chi connectivity index (χ0v) is 42.0. The number of carbonyl (C=O) groups excluding carboxylic acids is 4. The van der Waals surface area contributed by atoms with Crippen LogP contribution in [0.3, 0.4) is 0 Å². The Labute approximate surface area is 400 Å². The second kappa shape index (κ2) is 22.6. The van der Waals surface area contributed by atoms with Crippen molar-refractivity contribution in [1.82, 2.24) is 0 Å². The second-order valence-electron chi connectivity index (χ2n) is 20.2. The average Bonchev–Trinajstić information content (AvgIpc) is 3.36. The zero-order valence-electron chi connectivity index (χ0n) is 42.0. The molecule has 1 aliphatic heterocycles. The van der Waals surface area contributed by atoms with E-state index in [0.29, 0.717) is 27.2 Å². The summed E-state index contributed by atoms with van der Waals surface area (Å²) in [5.74, 6) is -15.6. The lowest BCUT2D eigenvalue weighted by atomic mass is 9.83. The van der Waals surface area contributed by atoms with E-state index in [4.69, 9.17) is 9.47 Å². The fourth-order valence-corrected chi connectivity index (χ4v) is 5.33. The molecule has 0 bridgehead atoms. The Morgan fingerprint density at radius 3 is 1.27 bits per heavy atom. The largest absolute Gasteiger partial charge is 0.462 e. The highest BCUT2D eigenvalue weighted by molar-refractivity contribution is 5.77. The summed E-state index contributed by atoms with van der Waals surface area (Å²) < 4.78 is 246. The molecule has 0 saturated carbocycles. The number of esters is 4.